The lowest BCUT2D eigenvalue weighted by Crippen LogP contribution is -2.14. The lowest BCUT2D eigenvalue weighted by molar-refractivity contribution is -0.141. The van der Waals surface area contributed by atoms with Gasteiger partial charge in [0.05, 0.1) is 33.4 Å². The third kappa shape index (κ3) is 3.71. The van der Waals surface area contributed by atoms with Gasteiger partial charge in [0.2, 0.25) is 0 Å². The van der Waals surface area contributed by atoms with Gasteiger partial charge in [-0.05, 0) is 12.1 Å². The zero-order chi connectivity index (χ0) is 24.5. The molecule has 0 aromatic carbocycles. The van der Waals surface area contributed by atoms with Crippen molar-refractivity contribution in [2.24, 2.45) is 14.1 Å². The van der Waals surface area contributed by atoms with Crippen LogP contribution < -0.4 is 0 Å². The molecule has 0 aliphatic rings. The number of aromatic nitrogens is 6. The van der Waals surface area contributed by atoms with Crippen molar-refractivity contribution in [1.82, 2.24) is 29.1 Å². The van der Waals surface area contributed by atoms with E-state index in [1.54, 1.807) is 0 Å². The second kappa shape index (κ2) is 7.17. The van der Waals surface area contributed by atoms with Gasteiger partial charge in [-0.15, -0.1) is 0 Å². The fourth-order valence-electron chi connectivity index (χ4n) is 3.49. The largest absolute Gasteiger partial charge is 0.433 e. The van der Waals surface area contributed by atoms with Crippen LogP contribution >= 0.6 is 0 Å². The van der Waals surface area contributed by atoms with Gasteiger partial charge < -0.3 is 9.13 Å². The lowest BCUT2D eigenvalue weighted by Gasteiger charge is -2.10. The molecule has 0 fully saturated rings. The summed E-state index contributed by atoms with van der Waals surface area (Å²) in [4.78, 5) is 15.3. The number of nitrogens with zero attached hydrogens (tertiary/aromatic N) is 6. The summed E-state index contributed by atoms with van der Waals surface area (Å²) in [6, 6.07) is 1.92. The molecule has 0 radical (unpaired) electrons. The Hall–Kier alpha value is -3.16. The Morgan fingerprint density at radius 1 is 0.970 bits per heavy atom. The molecule has 8 nitrogen and oxygen atoms in total. The van der Waals surface area contributed by atoms with Crippen LogP contribution in [0.15, 0.2) is 23.2 Å². The van der Waals surface area contributed by atoms with Crippen molar-refractivity contribution in [2.75, 3.05) is 5.75 Å². The van der Waals surface area contributed by atoms with Crippen molar-refractivity contribution in [3.63, 3.8) is 0 Å². The van der Waals surface area contributed by atoms with Crippen LogP contribution in [0.3, 0.4) is 0 Å². The van der Waals surface area contributed by atoms with E-state index < -0.39 is 33.5 Å². The highest BCUT2D eigenvalue weighted by molar-refractivity contribution is 7.91. The van der Waals surface area contributed by atoms with E-state index in [1.165, 1.54) is 31.7 Å². The first kappa shape index (κ1) is 23.0. The van der Waals surface area contributed by atoms with Gasteiger partial charge in [-0.3, -0.25) is 0 Å². The van der Waals surface area contributed by atoms with Gasteiger partial charge in [0, 0.05) is 21.0 Å². The minimum Gasteiger partial charge on any atom is -0.325 e. The van der Waals surface area contributed by atoms with Crippen LogP contribution in [0.4, 0.5) is 22.0 Å². The molecule has 33 heavy (non-hydrogen) atoms. The summed E-state index contributed by atoms with van der Waals surface area (Å²) in [6.07, 6.45) is -3.73. The highest BCUT2D eigenvalue weighted by atomic mass is 32.2. The Labute approximate surface area is 184 Å². The first-order valence-corrected chi connectivity index (χ1v) is 11.2. The number of hydrogen-bond donors (Lipinski definition) is 0. The zero-order valence-corrected chi connectivity index (χ0v) is 18.6. The summed E-state index contributed by atoms with van der Waals surface area (Å²) < 4.78 is 95.2. The Balaban J connectivity index is 2.06. The van der Waals surface area contributed by atoms with E-state index in [1.807, 2.05) is 0 Å². The van der Waals surface area contributed by atoms with Crippen LogP contribution in [0.1, 0.15) is 25.4 Å². The normalized spacial score (nSPS) is 13.4. The first-order valence-electron chi connectivity index (χ1n) is 9.53. The van der Waals surface area contributed by atoms with E-state index in [2.05, 4.69) is 19.9 Å². The number of rotatable bonds is 4. The maximum Gasteiger partial charge on any atom is 0.433 e. The van der Waals surface area contributed by atoms with E-state index >= 15 is 0 Å². The number of sulfone groups is 1. The standard InChI is InChI=1S/C19H17F5N6O2S/c1-5-33(31,32)12-7-10-15(28-17(30(10)4)18(2,20)21)27-14(12)16-26-9-6-13(19(22,23)24)25-8-11(9)29(16)3/h6-8H,5H2,1-4H3. The molecule has 4 aromatic rings. The Bertz CT molecular complexity index is 1520. The average Bonchev–Trinajstić information content (AvgIpc) is 3.23. The highest BCUT2D eigenvalue weighted by Crippen LogP contribution is 2.35. The van der Waals surface area contributed by atoms with Gasteiger partial charge >= 0.3 is 12.1 Å². The molecule has 0 N–H and O–H groups in total. The van der Waals surface area contributed by atoms with Gasteiger partial charge in [0.25, 0.3) is 0 Å². The van der Waals surface area contributed by atoms with Crippen LogP contribution in [-0.4, -0.2) is 43.2 Å². The van der Waals surface area contributed by atoms with Crippen molar-refractivity contribution >= 4 is 32.0 Å². The number of aryl methyl sites for hydroxylation is 2. The molecule has 14 heteroatoms. The molecule has 0 saturated carbocycles. The van der Waals surface area contributed by atoms with Crippen molar-refractivity contribution in [1.29, 1.82) is 0 Å². The third-order valence-corrected chi connectivity index (χ3v) is 6.96. The second-order valence-electron chi connectivity index (χ2n) is 7.51. The van der Waals surface area contributed by atoms with Gasteiger partial charge in [-0.2, -0.15) is 22.0 Å². The van der Waals surface area contributed by atoms with Crippen LogP contribution in [0.2, 0.25) is 0 Å². The number of pyridine rings is 2. The lowest BCUT2D eigenvalue weighted by atomic mass is 10.3. The molecule has 0 amide bonds. The topological polar surface area (TPSA) is 95.6 Å². The number of fused-ring (bicyclic) bond motifs is 2. The molecule has 0 aliphatic heterocycles. The average molecular weight is 488 g/mol. The number of hydrogen-bond acceptors (Lipinski definition) is 6. The molecule has 176 valence electrons. The van der Waals surface area contributed by atoms with Gasteiger partial charge in [0.1, 0.15) is 11.4 Å². The second-order valence-corrected chi connectivity index (χ2v) is 9.76. The van der Waals surface area contributed by atoms with Gasteiger partial charge in [-0.25, -0.2) is 28.4 Å². The molecule has 4 heterocycles. The van der Waals surface area contributed by atoms with Crippen molar-refractivity contribution < 1.29 is 30.4 Å². The summed E-state index contributed by atoms with van der Waals surface area (Å²) in [7, 11) is -1.17. The van der Waals surface area contributed by atoms with E-state index in [9.17, 15) is 30.4 Å². The molecule has 0 saturated heterocycles. The Morgan fingerprint density at radius 2 is 1.64 bits per heavy atom. The Kier molecular flexibility index (Phi) is 5.00. The highest BCUT2D eigenvalue weighted by Gasteiger charge is 2.34. The van der Waals surface area contributed by atoms with E-state index in [-0.39, 0.29) is 44.4 Å². The minimum absolute atomic E-state index is 0.0575. The predicted molar refractivity (Wildman–Crippen MR) is 108 cm³/mol. The fourth-order valence-corrected chi connectivity index (χ4v) is 4.53. The molecule has 0 spiro atoms. The molecular weight excluding hydrogens is 471 g/mol. The van der Waals surface area contributed by atoms with Crippen LogP contribution in [-0.2, 0) is 36.0 Å². The molecule has 4 aromatic heterocycles. The van der Waals surface area contributed by atoms with Crippen molar-refractivity contribution in [3.8, 4) is 11.5 Å². The number of alkyl halides is 5. The SMILES string of the molecule is CCS(=O)(=O)c1cc2c(nc1-c1nc3cc(C(F)(F)F)ncc3n1C)nc(C(C)(F)F)n2C. The first-order chi connectivity index (χ1) is 15.1. The van der Waals surface area contributed by atoms with E-state index in [0.29, 0.717) is 6.92 Å². The molecule has 0 bridgehead atoms. The quantitative estimate of drug-likeness (QED) is 0.405. The summed E-state index contributed by atoms with van der Waals surface area (Å²) in [5.74, 6) is -4.34. The van der Waals surface area contributed by atoms with Crippen molar-refractivity contribution in [2.45, 2.75) is 30.8 Å². The molecule has 0 aliphatic carbocycles. The van der Waals surface area contributed by atoms with Gasteiger partial charge in [0.15, 0.2) is 27.1 Å². The van der Waals surface area contributed by atoms with Gasteiger partial charge in [-0.1, -0.05) is 6.92 Å². The fraction of sp³-hybridized carbons (Fsp3) is 0.368. The third-order valence-electron chi connectivity index (χ3n) is 5.22. The smallest absolute Gasteiger partial charge is 0.325 e. The molecular formula is C19H17F5N6O2S. The van der Waals surface area contributed by atoms with Crippen LogP contribution in [0.25, 0.3) is 33.7 Å². The molecule has 4 rings (SSSR count). The molecule has 0 atom stereocenters. The van der Waals surface area contributed by atoms with Crippen molar-refractivity contribution in [3.05, 3.63) is 29.8 Å². The summed E-state index contributed by atoms with van der Waals surface area (Å²) in [6.45, 7) is 2.04. The van der Waals surface area contributed by atoms with Crippen LogP contribution in [0.5, 0.6) is 0 Å². The minimum atomic E-state index is -4.70. The maximum atomic E-state index is 14.0. The summed E-state index contributed by atoms with van der Waals surface area (Å²) in [5.41, 5.74) is -1.35. The zero-order valence-electron chi connectivity index (χ0n) is 17.7. The monoisotopic (exact) mass is 488 g/mol. The van der Waals surface area contributed by atoms with E-state index in [0.717, 1.165) is 16.8 Å². The van der Waals surface area contributed by atoms with Crippen LogP contribution in [0, 0.1) is 0 Å². The summed E-state index contributed by atoms with van der Waals surface area (Å²) >= 11 is 0. The number of imidazole rings is 2. The summed E-state index contributed by atoms with van der Waals surface area (Å²) in [5, 5.41) is 0. The maximum absolute atomic E-state index is 14.0. The predicted octanol–water partition coefficient (Wildman–Crippen LogP) is 3.84. The van der Waals surface area contributed by atoms with E-state index in [4.69, 9.17) is 0 Å². The molecule has 0 unspecified atom stereocenters. The number of halogens is 5. The Morgan fingerprint density at radius 3 is 2.21 bits per heavy atom.